The van der Waals surface area contributed by atoms with Gasteiger partial charge in [-0.05, 0) is 113 Å². The van der Waals surface area contributed by atoms with Crippen LogP contribution in [0.25, 0.3) is 11.1 Å². The van der Waals surface area contributed by atoms with Gasteiger partial charge < -0.3 is 53.0 Å². The van der Waals surface area contributed by atoms with Gasteiger partial charge in [0.05, 0.1) is 5.94 Å². The van der Waals surface area contributed by atoms with Crippen molar-refractivity contribution in [2.75, 3.05) is 26.2 Å². The molecule has 3 rings (SSSR count). The first kappa shape index (κ1) is 48.5. The first-order chi connectivity index (χ1) is 28.3. The number of carbonyl (C=O) groups excluding carboxylic acids is 6. The van der Waals surface area contributed by atoms with Gasteiger partial charge in [0.2, 0.25) is 29.5 Å². The minimum absolute atomic E-state index is 0.0383. The van der Waals surface area contributed by atoms with Crippen LogP contribution < -0.4 is 38.1 Å². The molecule has 0 aromatic heterocycles. The zero-order chi connectivity index (χ0) is 43.3. The van der Waals surface area contributed by atoms with Crippen molar-refractivity contribution < 1.29 is 38.8 Å². The summed E-state index contributed by atoms with van der Waals surface area (Å²) in [6, 6.07) is 11.8. The van der Waals surface area contributed by atoms with Gasteiger partial charge in [-0.1, -0.05) is 56.7 Å². The van der Waals surface area contributed by atoms with E-state index in [0.29, 0.717) is 44.2 Å². The Labute approximate surface area is 348 Å². The minimum Gasteiger partial charge on any atom is -0.426 e. The van der Waals surface area contributed by atoms with Crippen molar-refractivity contribution in [3.63, 3.8) is 0 Å². The van der Waals surface area contributed by atoms with E-state index in [1.807, 2.05) is 12.1 Å². The standard InChI is InChI=1S/C42H65BN8O8/c1-4-6-11-29-15-17-30(18-16-29)31-19-21-32(22-20-31)38(53)46-26-23-37(52)48-35(13-9-25-45)42(57)51-27-10-14-36(51)41(56)49-33(5-2)39(54)50-34(12-7-8-24-44)40(55)47-28(3)43(58)59/h15-22,28,33-36,58-59H,4-14,23-27,44-45H2,1-3H3,(H,46,53)(H,47,55)(H,48,52)(H,49,56)(H,50,54)/t28-,33-,34-,35-,36-/m0/s1. The smallest absolute Gasteiger partial charge is 0.426 e. The summed E-state index contributed by atoms with van der Waals surface area (Å²) in [5, 5.41) is 32.3. The number of nitrogens with two attached hydrogens (primary N) is 2. The Hall–Kier alpha value is -4.84. The molecule has 1 heterocycles. The molecule has 0 spiro atoms. The lowest BCUT2D eigenvalue weighted by molar-refractivity contribution is -0.142. The van der Waals surface area contributed by atoms with Gasteiger partial charge >= 0.3 is 7.12 Å². The number of aryl methyl sites for hydroxylation is 1. The zero-order valence-electron chi connectivity index (χ0n) is 34.8. The molecule has 0 radical (unpaired) electrons. The van der Waals surface area contributed by atoms with E-state index in [4.69, 9.17) is 11.5 Å². The van der Waals surface area contributed by atoms with E-state index in [1.54, 1.807) is 19.1 Å². The third-order valence-electron chi connectivity index (χ3n) is 10.5. The molecule has 324 valence electrons. The Kier molecular flexibility index (Phi) is 21.1. The maximum absolute atomic E-state index is 13.9. The first-order valence-corrected chi connectivity index (χ1v) is 21.1. The molecule has 0 unspecified atom stereocenters. The summed E-state index contributed by atoms with van der Waals surface area (Å²) in [6.07, 6.45) is 6.35. The molecule has 17 heteroatoms. The van der Waals surface area contributed by atoms with Crippen LogP contribution in [-0.2, 0) is 30.4 Å². The number of hydrogen-bond acceptors (Lipinski definition) is 10. The lowest BCUT2D eigenvalue weighted by atomic mass is 9.81. The molecule has 59 heavy (non-hydrogen) atoms. The molecule has 5 atom stereocenters. The van der Waals surface area contributed by atoms with E-state index in [9.17, 15) is 38.8 Å². The minimum atomic E-state index is -1.80. The maximum atomic E-state index is 13.9. The fourth-order valence-corrected chi connectivity index (χ4v) is 6.85. The van der Waals surface area contributed by atoms with Crippen LogP contribution in [0.4, 0.5) is 0 Å². The SMILES string of the molecule is CCCCc1ccc(-c2ccc(C(=O)NCCC(=O)N[C@@H](CCCN)C(=O)N3CCC[C@H]3C(=O)N[C@@H](CC)C(=O)N[C@@H](CCCCN)C(=O)N[C@@H](C)B(O)O)cc2)cc1. The van der Waals surface area contributed by atoms with Crippen molar-refractivity contribution in [3.05, 3.63) is 59.7 Å². The van der Waals surface area contributed by atoms with Gasteiger partial charge in [0.1, 0.15) is 24.2 Å². The van der Waals surface area contributed by atoms with Crippen molar-refractivity contribution in [2.45, 2.75) is 128 Å². The Morgan fingerprint density at radius 2 is 1.41 bits per heavy atom. The molecule has 1 aliphatic heterocycles. The van der Waals surface area contributed by atoms with Crippen LogP contribution in [0.1, 0.15) is 107 Å². The van der Waals surface area contributed by atoms with Crippen LogP contribution in [0.5, 0.6) is 0 Å². The highest BCUT2D eigenvalue weighted by Crippen LogP contribution is 2.22. The quantitative estimate of drug-likeness (QED) is 0.0508. The average Bonchev–Trinajstić information content (AvgIpc) is 3.73. The topological polar surface area (TPSA) is 258 Å². The molecular formula is C42H65BN8O8. The van der Waals surface area contributed by atoms with Gasteiger partial charge in [0.15, 0.2) is 0 Å². The van der Waals surface area contributed by atoms with Gasteiger partial charge in [0, 0.05) is 25.1 Å². The molecule has 11 N–H and O–H groups in total. The largest absolute Gasteiger partial charge is 0.475 e. The van der Waals surface area contributed by atoms with Gasteiger partial charge in [-0.3, -0.25) is 28.8 Å². The monoisotopic (exact) mass is 821 g/mol. The molecule has 0 saturated carbocycles. The summed E-state index contributed by atoms with van der Waals surface area (Å²) in [5.41, 5.74) is 15.1. The van der Waals surface area contributed by atoms with Gasteiger partial charge in [-0.25, -0.2) is 0 Å². The number of carbonyl (C=O) groups is 6. The highest BCUT2D eigenvalue weighted by Gasteiger charge is 2.39. The molecule has 2 aromatic carbocycles. The third-order valence-corrected chi connectivity index (χ3v) is 10.5. The van der Waals surface area contributed by atoms with E-state index in [1.165, 1.54) is 17.4 Å². The second-order valence-electron chi connectivity index (χ2n) is 15.2. The lowest BCUT2D eigenvalue weighted by Crippen LogP contribution is -2.58. The first-order valence-electron chi connectivity index (χ1n) is 21.1. The zero-order valence-corrected chi connectivity index (χ0v) is 34.8. The van der Waals surface area contributed by atoms with E-state index in [0.717, 1.165) is 30.4 Å². The van der Waals surface area contributed by atoms with Crippen molar-refractivity contribution in [3.8, 4) is 11.1 Å². The third kappa shape index (κ3) is 15.7. The fourth-order valence-electron chi connectivity index (χ4n) is 6.85. The number of amides is 6. The van der Waals surface area contributed by atoms with Gasteiger partial charge in [0.25, 0.3) is 5.91 Å². The summed E-state index contributed by atoms with van der Waals surface area (Å²) in [5.74, 6) is -3.97. The molecule has 1 fully saturated rings. The molecule has 2 aromatic rings. The summed E-state index contributed by atoms with van der Waals surface area (Å²) in [7, 11) is -1.80. The number of likely N-dealkylation sites (tertiary alicyclic amines) is 1. The van der Waals surface area contributed by atoms with Gasteiger partial charge in [-0.15, -0.1) is 0 Å². The van der Waals surface area contributed by atoms with Crippen LogP contribution in [0, 0.1) is 0 Å². The van der Waals surface area contributed by atoms with Crippen molar-refractivity contribution >= 4 is 42.6 Å². The average molecular weight is 821 g/mol. The van der Waals surface area contributed by atoms with Crippen LogP contribution in [0.2, 0.25) is 0 Å². The maximum Gasteiger partial charge on any atom is 0.475 e. The van der Waals surface area contributed by atoms with Crippen LogP contribution >= 0.6 is 0 Å². The number of nitrogens with one attached hydrogen (secondary N) is 5. The predicted molar refractivity (Wildman–Crippen MR) is 227 cm³/mol. The van der Waals surface area contributed by atoms with Crippen molar-refractivity contribution in [1.82, 2.24) is 31.5 Å². The number of hydrogen-bond donors (Lipinski definition) is 9. The molecule has 1 aliphatic rings. The number of nitrogens with zero attached hydrogens (tertiary/aromatic N) is 1. The van der Waals surface area contributed by atoms with E-state index < -0.39 is 66.8 Å². The predicted octanol–water partition coefficient (Wildman–Crippen LogP) is 1.06. The second kappa shape index (κ2) is 25.6. The Balaban J connectivity index is 1.56. The Morgan fingerprint density at radius 1 is 0.780 bits per heavy atom. The van der Waals surface area contributed by atoms with Crippen LogP contribution in [0.15, 0.2) is 48.5 Å². The summed E-state index contributed by atoms with van der Waals surface area (Å²) in [4.78, 5) is 81.2. The van der Waals surface area contributed by atoms with E-state index >= 15 is 0 Å². The molecule has 16 nitrogen and oxygen atoms in total. The number of unbranched alkanes of at least 4 members (excludes halogenated alkanes) is 2. The molecule has 0 bridgehead atoms. The Morgan fingerprint density at radius 3 is 2.02 bits per heavy atom. The van der Waals surface area contributed by atoms with E-state index in [2.05, 4.69) is 57.8 Å². The normalized spacial score (nSPS) is 15.6. The van der Waals surface area contributed by atoms with Crippen LogP contribution in [0.3, 0.4) is 0 Å². The lowest BCUT2D eigenvalue weighted by Gasteiger charge is -2.30. The molecule has 0 aliphatic carbocycles. The highest BCUT2D eigenvalue weighted by atomic mass is 16.4. The fraction of sp³-hybridized carbons (Fsp3) is 0.571. The van der Waals surface area contributed by atoms with Crippen molar-refractivity contribution in [2.24, 2.45) is 11.5 Å². The molecular weight excluding hydrogens is 755 g/mol. The molecule has 1 saturated heterocycles. The summed E-state index contributed by atoms with van der Waals surface area (Å²) in [6.45, 7) is 6.25. The Bertz CT molecular complexity index is 1660. The highest BCUT2D eigenvalue weighted by molar-refractivity contribution is 6.43. The summed E-state index contributed by atoms with van der Waals surface area (Å²) >= 11 is 0. The number of benzene rings is 2. The van der Waals surface area contributed by atoms with E-state index in [-0.39, 0.29) is 51.2 Å². The van der Waals surface area contributed by atoms with Crippen LogP contribution in [-0.4, -0.2) is 114 Å². The number of rotatable bonds is 25. The summed E-state index contributed by atoms with van der Waals surface area (Å²) < 4.78 is 0. The second-order valence-corrected chi connectivity index (χ2v) is 15.2. The van der Waals surface area contributed by atoms with Gasteiger partial charge in [-0.2, -0.15) is 0 Å². The van der Waals surface area contributed by atoms with Crippen molar-refractivity contribution in [1.29, 1.82) is 0 Å². The molecule has 6 amide bonds.